The average Bonchev–Trinajstić information content (AvgIpc) is 2.55. The first-order valence-corrected chi connectivity index (χ1v) is 7.39. The SMILES string of the molecule is C[C@@H](C(=O)Nc1cc(C(F)(F)F)ccc1Cl)c1ccc([N+](=O)[O-])cc1. The Morgan fingerprint density at radius 2 is 1.80 bits per heavy atom. The molecule has 0 radical (unpaired) electrons. The molecule has 9 heteroatoms. The maximum Gasteiger partial charge on any atom is 0.416 e. The monoisotopic (exact) mass is 372 g/mol. The molecular formula is C16H12ClF3N2O3. The summed E-state index contributed by atoms with van der Waals surface area (Å²) >= 11 is 5.84. The molecule has 0 heterocycles. The maximum atomic E-state index is 12.8. The molecule has 0 saturated heterocycles. The number of nitrogens with one attached hydrogen (secondary N) is 1. The van der Waals surface area contributed by atoms with Crippen molar-refractivity contribution in [1.29, 1.82) is 0 Å². The van der Waals surface area contributed by atoms with Crippen LogP contribution in [0.4, 0.5) is 24.5 Å². The van der Waals surface area contributed by atoms with E-state index >= 15 is 0 Å². The highest BCUT2D eigenvalue weighted by Crippen LogP contribution is 2.34. The smallest absolute Gasteiger partial charge is 0.324 e. The van der Waals surface area contributed by atoms with Crippen molar-refractivity contribution < 1.29 is 22.9 Å². The lowest BCUT2D eigenvalue weighted by atomic mass is 10.00. The van der Waals surface area contributed by atoms with Crippen LogP contribution >= 0.6 is 11.6 Å². The minimum absolute atomic E-state index is 0.0303. The van der Waals surface area contributed by atoms with Gasteiger partial charge in [0.15, 0.2) is 0 Å². The number of alkyl halides is 3. The molecule has 25 heavy (non-hydrogen) atoms. The molecule has 0 unspecified atom stereocenters. The maximum absolute atomic E-state index is 12.8. The summed E-state index contributed by atoms with van der Waals surface area (Å²) in [6, 6.07) is 7.94. The number of anilines is 1. The van der Waals surface area contributed by atoms with E-state index in [2.05, 4.69) is 5.32 Å². The van der Waals surface area contributed by atoms with Gasteiger partial charge in [-0.15, -0.1) is 0 Å². The van der Waals surface area contributed by atoms with E-state index in [0.29, 0.717) is 5.56 Å². The molecule has 0 aliphatic carbocycles. The molecule has 2 rings (SSSR count). The molecule has 1 amide bonds. The minimum Gasteiger partial charge on any atom is -0.324 e. The summed E-state index contributed by atoms with van der Waals surface area (Å²) in [6.45, 7) is 1.53. The largest absolute Gasteiger partial charge is 0.416 e. The Kier molecular flexibility index (Phi) is 5.32. The van der Waals surface area contributed by atoms with E-state index in [1.807, 2.05) is 0 Å². The van der Waals surface area contributed by atoms with Gasteiger partial charge in [0.2, 0.25) is 5.91 Å². The molecule has 1 atom stereocenters. The third-order valence-electron chi connectivity index (χ3n) is 3.55. The van der Waals surface area contributed by atoms with Gasteiger partial charge in [0.1, 0.15) is 0 Å². The molecule has 0 saturated carbocycles. The van der Waals surface area contributed by atoms with E-state index in [0.717, 1.165) is 18.2 Å². The molecule has 5 nitrogen and oxygen atoms in total. The number of hydrogen-bond donors (Lipinski definition) is 1. The molecule has 2 aromatic carbocycles. The number of nitrogens with zero attached hydrogens (tertiary/aromatic N) is 1. The van der Waals surface area contributed by atoms with Crippen molar-refractivity contribution in [3.8, 4) is 0 Å². The summed E-state index contributed by atoms with van der Waals surface area (Å²) < 4.78 is 38.3. The zero-order valence-corrected chi connectivity index (χ0v) is 13.6. The molecule has 0 spiro atoms. The number of hydrogen-bond acceptors (Lipinski definition) is 3. The molecule has 0 fully saturated rings. The van der Waals surface area contributed by atoms with Crippen LogP contribution in [0.15, 0.2) is 42.5 Å². The number of nitro benzene ring substituents is 1. The Morgan fingerprint density at radius 3 is 2.32 bits per heavy atom. The van der Waals surface area contributed by atoms with Gasteiger partial charge in [-0.25, -0.2) is 0 Å². The van der Waals surface area contributed by atoms with Crippen LogP contribution in [0.3, 0.4) is 0 Å². The summed E-state index contributed by atoms with van der Waals surface area (Å²) in [4.78, 5) is 22.3. The van der Waals surface area contributed by atoms with Crippen LogP contribution in [0.5, 0.6) is 0 Å². The van der Waals surface area contributed by atoms with Gasteiger partial charge >= 0.3 is 6.18 Å². The van der Waals surface area contributed by atoms with Gasteiger partial charge in [0.05, 0.1) is 27.1 Å². The standard InChI is InChI=1S/C16H12ClF3N2O3/c1-9(10-2-5-12(6-3-10)22(24)25)15(23)21-14-8-11(16(18,19)20)4-7-13(14)17/h2-9H,1H3,(H,21,23)/t9-/m1/s1. The predicted octanol–water partition coefficient (Wildman–Crippen LogP) is 5.01. The van der Waals surface area contributed by atoms with E-state index in [1.54, 1.807) is 0 Å². The average molecular weight is 373 g/mol. The number of nitro groups is 1. The van der Waals surface area contributed by atoms with Gasteiger partial charge in [0.25, 0.3) is 5.69 Å². The van der Waals surface area contributed by atoms with Crippen molar-refractivity contribution in [2.75, 3.05) is 5.32 Å². The number of rotatable bonds is 4. The number of non-ortho nitro benzene ring substituents is 1. The van der Waals surface area contributed by atoms with E-state index in [4.69, 9.17) is 11.6 Å². The van der Waals surface area contributed by atoms with Crippen molar-refractivity contribution in [1.82, 2.24) is 0 Å². The van der Waals surface area contributed by atoms with Gasteiger partial charge in [0, 0.05) is 12.1 Å². The Balaban J connectivity index is 2.20. The van der Waals surface area contributed by atoms with E-state index < -0.39 is 28.5 Å². The Hall–Kier alpha value is -2.61. The van der Waals surface area contributed by atoms with Crippen molar-refractivity contribution >= 4 is 28.9 Å². The topological polar surface area (TPSA) is 72.2 Å². The normalized spacial score (nSPS) is 12.5. The Morgan fingerprint density at radius 1 is 1.20 bits per heavy atom. The van der Waals surface area contributed by atoms with E-state index in [1.165, 1.54) is 31.2 Å². The molecular weight excluding hydrogens is 361 g/mol. The summed E-state index contributed by atoms with van der Waals surface area (Å²) in [5.41, 5.74) is -0.742. The fraction of sp³-hybridized carbons (Fsp3) is 0.188. The molecule has 1 N–H and O–H groups in total. The van der Waals surface area contributed by atoms with Gasteiger partial charge in [-0.05, 0) is 30.7 Å². The first-order valence-electron chi connectivity index (χ1n) is 7.01. The lowest BCUT2D eigenvalue weighted by Crippen LogP contribution is -2.19. The summed E-state index contributed by atoms with van der Waals surface area (Å²) in [5.74, 6) is -1.33. The van der Waals surface area contributed by atoms with Gasteiger partial charge < -0.3 is 5.32 Å². The summed E-state index contributed by atoms with van der Waals surface area (Å²) in [5, 5.41) is 13.0. The van der Waals surface area contributed by atoms with Crippen molar-refractivity contribution in [3.63, 3.8) is 0 Å². The molecule has 0 aliphatic heterocycles. The molecule has 0 aliphatic rings. The van der Waals surface area contributed by atoms with Gasteiger partial charge in [-0.2, -0.15) is 13.2 Å². The number of amides is 1. The Labute approximate surface area is 145 Å². The second-order valence-electron chi connectivity index (χ2n) is 5.25. The zero-order valence-electron chi connectivity index (χ0n) is 12.8. The predicted molar refractivity (Wildman–Crippen MR) is 86.6 cm³/mol. The first kappa shape index (κ1) is 18.7. The first-order chi connectivity index (χ1) is 11.6. The Bertz CT molecular complexity index is 807. The van der Waals surface area contributed by atoms with Crippen LogP contribution in [0.1, 0.15) is 24.0 Å². The lowest BCUT2D eigenvalue weighted by Gasteiger charge is -2.15. The third-order valence-corrected chi connectivity index (χ3v) is 3.88. The lowest BCUT2D eigenvalue weighted by molar-refractivity contribution is -0.384. The summed E-state index contributed by atoms with van der Waals surface area (Å²) in [7, 11) is 0. The third kappa shape index (κ3) is 4.48. The molecule has 2 aromatic rings. The second-order valence-corrected chi connectivity index (χ2v) is 5.66. The van der Waals surface area contributed by atoms with Gasteiger partial charge in [-0.1, -0.05) is 23.7 Å². The fourth-order valence-electron chi connectivity index (χ4n) is 2.07. The van der Waals surface area contributed by atoms with E-state index in [-0.39, 0.29) is 16.4 Å². The number of carbonyl (C=O) groups excluding carboxylic acids is 1. The zero-order chi connectivity index (χ0) is 18.8. The van der Waals surface area contributed by atoms with Crippen LogP contribution in [0, 0.1) is 10.1 Å². The molecule has 132 valence electrons. The number of carbonyl (C=O) groups is 1. The highest BCUT2D eigenvalue weighted by molar-refractivity contribution is 6.33. The van der Waals surface area contributed by atoms with Crippen molar-refractivity contribution in [3.05, 3.63) is 68.7 Å². The minimum atomic E-state index is -4.56. The summed E-state index contributed by atoms with van der Waals surface area (Å²) in [6.07, 6.45) is -4.56. The molecule has 0 bridgehead atoms. The highest BCUT2D eigenvalue weighted by Gasteiger charge is 2.31. The van der Waals surface area contributed by atoms with Crippen molar-refractivity contribution in [2.45, 2.75) is 19.0 Å². The number of benzene rings is 2. The van der Waals surface area contributed by atoms with Crippen LogP contribution in [0.25, 0.3) is 0 Å². The van der Waals surface area contributed by atoms with Crippen molar-refractivity contribution in [2.24, 2.45) is 0 Å². The van der Waals surface area contributed by atoms with Crippen LogP contribution in [-0.2, 0) is 11.0 Å². The van der Waals surface area contributed by atoms with Gasteiger partial charge in [-0.3, -0.25) is 14.9 Å². The molecule has 0 aromatic heterocycles. The van der Waals surface area contributed by atoms with Crippen LogP contribution in [-0.4, -0.2) is 10.8 Å². The second kappa shape index (κ2) is 7.10. The fourth-order valence-corrected chi connectivity index (χ4v) is 2.24. The highest BCUT2D eigenvalue weighted by atomic mass is 35.5. The number of halogens is 4. The van der Waals surface area contributed by atoms with Crippen LogP contribution < -0.4 is 5.32 Å². The van der Waals surface area contributed by atoms with E-state index in [9.17, 15) is 28.1 Å². The quantitative estimate of drug-likeness (QED) is 0.605. The van der Waals surface area contributed by atoms with Crippen LogP contribution in [0.2, 0.25) is 5.02 Å².